The van der Waals surface area contributed by atoms with Crippen molar-refractivity contribution < 1.29 is 27.8 Å². The summed E-state index contributed by atoms with van der Waals surface area (Å²) < 4.78 is 38.1. The largest absolute Gasteiger partial charge is 0.383 e. The van der Waals surface area contributed by atoms with Crippen LogP contribution in [0.4, 0.5) is 14.5 Å². The van der Waals surface area contributed by atoms with E-state index in [4.69, 9.17) is 9.47 Å². The van der Waals surface area contributed by atoms with Gasteiger partial charge in [-0.1, -0.05) is 30.3 Å². The molecular formula is C22H22F2N2O4. The lowest BCUT2D eigenvalue weighted by molar-refractivity contribution is -0.120. The molecule has 0 unspecified atom stereocenters. The van der Waals surface area contributed by atoms with Crippen LogP contribution in [0.15, 0.2) is 54.2 Å². The Morgan fingerprint density at radius 2 is 1.53 bits per heavy atom. The van der Waals surface area contributed by atoms with Crippen molar-refractivity contribution in [3.05, 3.63) is 71.4 Å². The standard InChI is InChI=1S/C22H22F2N2O4/c1-29-12-10-25(11-13-30-2)20-19(15-6-4-3-5-7-15)21(27)26(22(20)28)18-9-8-16(23)14-17(18)24/h3-9,14H,10-13H2,1-2H3. The quantitative estimate of drug-likeness (QED) is 0.589. The van der Waals surface area contributed by atoms with E-state index in [0.717, 1.165) is 17.0 Å². The van der Waals surface area contributed by atoms with E-state index in [-0.39, 0.29) is 17.0 Å². The van der Waals surface area contributed by atoms with Gasteiger partial charge >= 0.3 is 0 Å². The molecule has 1 aliphatic heterocycles. The molecule has 2 aromatic rings. The predicted octanol–water partition coefficient (Wildman–Crippen LogP) is 2.84. The maximum absolute atomic E-state index is 14.5. The van der Waals surface area contributed by atoms with E-state index in [0.29, 0.717) is 37.9 Å². The maximum atomic E-state index is 14.5. The minimum absolute atomic E-state index is 0.129. The number of benzene rings is 2. The van der Waals surface area contributed by atoms with Gasteiger partial charge in [-0.05, 0) is 17.7 Å². The number of carbonyl (C=O) groups is 2. The van der Waals surface area contributed by atoms with Gasteiger partial charge in [0.2, 0.25) is 0 Å². The summed E-state index contributed by atoms with van der Waals surface area (Å²) in [7, 11) is 3.06. The Bertz CT molecular complexity index is 955. The fourth-order valence-corrected chi connectivity index (χ4v) is 3.30. The highest BCUT2D eigenvalue weighted by Crippen LogP contribution is 2.35. The van der Waals surface area contributed by atoms with Crippen molar-refractivity contribution in [1.29, 1.82) is 0 Å². The number of halogens is 2. The molecule has 0 saturated heterocycles. The number of hydrogen-bond acceptors (Lipinski definition) is 5. The van der Waals surface area contributed by atoms with E-state index in [9.17, 15) is 18.4 Å². The number of hydrogen-bond donors (Lipinski definition) is 0. The first-order valence-electron chi connectivity index (χ1n) is 9.36. The highest BCUT2D eigenvalue weighted by Gasteiger charge is 2.43. The fraction of sp³-hybridized carbons (Fsp3) is 0.273. The molecule has 0 atom stereocenters. The van der Waals surface area contributed by atoms with Crippen molar-refractivity contribution in [2.75, 3.05) is 45.4 Å². The molecule has 0 radical (unpaired) electrons. The summed E-state index contributed by atoms with van der Waals surface area (Å²) in [5.41, 5.74) is 0.504. The highest BCUT2D eigenvalue weighted by molar-refractivity contribution is 6.45. The Kier molecular flexibility index (Phi) is 6.91. The minimum Gasteiger partial charge on any atom is -0.383 e. The van der Waals surface area contributed by atoms with E-state index in [2.05, 4.69) is 0 Å². The van der Waals surface area contributed by atoms with Crippen LogP contribution in [0.5, 0.6) is 0 Å². The molecule has 30 heavy (non-hydrogen) atoms. The molecule has 0 fully saturated rings. The predicted molar refractivity (Wildman–Crippen MR) is 108 cm³/mol. The Morgan fingerprint density at radius 3 is 2.10 bits per heavy atom. The van der Waals surface area contributed by atoms with Crippen LogP contribution < -0.4 is 4.90 Å². The molecule has 3 rings (SSSR count). The topological polar surface area (TPSA) is 59.1 Å². The Morgan fingerprint density at radius 1 is 0.900 bits per heavy atom. The van der Waals surface area contributed by atoms with E-state index in [1.165, 1.54) is 14.2 Å². The van der Waals surface area contributed by atoms with Crippen molar-refractivity contribution in [2.24, 2.45) is 0 Å². The molecule has 0 bridgehead atoms. The lowest BCUT2D eigenvalue weighted by Gasteiger charge is -2.25. The van der Waals surface area contributed by atoms with Crippen molar-refractivity contribution in [3.63, 3.8) is 0 Å². The molecular weight excluding hydrogens is 394 g/mol. The number of ether oxygens (including phenoxy) is 2. The first-order valence-corrected chi connectivity index (χ1v) is 9.36. The van der Waals surface area contributed by atoms with Gasteiger partial charge in [-0.25, -0.2) is 13.7 Å². The third-order valence-corrected chi connectivity index (χ3v) is 4.72. The van der Waals surface area contributed by atoms with Gasteiger partial charge < -0.3 is 14.4 Å². The highest BCUT2D eigenvalue weighted by atomic mass is 19.1. The van der Waals surface area contributed by atoms with E-state index < -0.39 is 23.4 Å². The molecule has 1 aliphatic rings. The van der Waals surface area contributed by atoms with Crippen LogP contribution in [-0.4, -0.2) is 57.2 Å². The molecule has 1 heterocycles. The van der Waals surface area contributed by atoms with Crippen molar-refractivity contribution in [3.8, 4) is 0 Å². The van der Waals surface area contributed by atoms with Crippen LogP contribution >= 0.6 is 0 Å². The summed E-state index contributed by atoms with van der Waals surface area (Å²) in [4.78, 5) is 29.1. The van der Waals surface area contributed by atoms with E-state index in [1.807, 2.05) is 0 Å². The molecule has 0 aliphatic carbocycles. The molecule has 6 nitrogen and oxygen atoms in total. The Balaban J connectivity index is 2.13. The van der Waals surface area contributed by atoms with Gasteiger partial charge in [-0.15, -0.1) is 0 Å². The zero-order valence-corrected chi connectivity index (χ0v) is 16.7. The average Bonchev–Trinajstić information content (AvgIpc) is 2.99. The van der Waals surface area contributed by atoms with Crippen molar-refractivity contribution >= 4 is 23.1 Å². The number of methoxy groups -OCH3 is 2. The molecule has 8 heteroatoms. The van der Waals surface area contributed by atoms with Crippen molar-refractivity contribution in [2.45, 2.75) is 0 Å². The number of carbonyl (C=O) groups excluding carboxylic acids is 2. The summed E-state index contributed by atoms with van der Waals surface area (Å²) in [6.07, 6.45) is 0. The fourth-order valence-electron chi connectivity index (χ4n) is 3.30. The van der Waals surface area contributed by atoms with Crippen LogP contribution in [0.25, 0.3) is 5.57 Å². The number of anilines is 1. The Hall–Kier alpha value is -3.10. The van der Waals surface area contributed by atoms with Crippen LogP contribution in [0.3, 0.4) is 0 Å². The van der Waals surface area contributed by atoms with Crippen LogP contribution in [0, 0.1) is 11.6 Å². The summed E-state index contributed by atoms with van der Waals surface area (Å²) >= 11 is 0. The van der Waals surface area contributed by atoms with Crippen LogP contribution in [0.1, 0.15) is 5.56 Å². The first kappa shape index (κ1) is 21.6. The van der Waals surface area contributed by atoms with E-state index >= 15 is 0 Å². The second kappa shape index (κ2) is 9.60. The molecule has 0 spiro atoms. The molecule has 2 aromatic carbocycles. The zero-order chi connectivity index (χ0) is 21.7. The lowest BCUT2D eigenvalue weighted by Crippen LogP contribution is -2.38. The van der Waals surface area contributed by atoms with Crippen molar-refractivity contribution in [1.82, 2.24) is 4.90 Å². The third kappa shape index (κ3) is 4.24. The minimum atomic E-state index is -0.995. The summed E-state index contributed by atoms with van der Waals surface area (Å²) in [5, 5.41) is 0. The normalized spacial score (nSPS) is 14.1. The number of nitrogens with zero attached hydrogens (tertiary/aromatic N) is 2. The van der Waals surface area contributed by atoms with Gasteiger partial charge in [0.15, 0.2) is 0 Å². The lowest BCUT2D eigenvalue weighted by atomic mass is 10.0. The molecule has 0 saturated carbocycles. The monoisotopic (exact) mass is 416 g/mol. The van der Waals surface area contributed by atoms with Crippen LogP contribution in [0.2, 0.25) is 0 Å². The van der Waals surface area contributed by atoms with Gasteiger partial charge in [0.25, 0.3) is 11.8 Å². The number of imide groups is 1. The second-order valence-electron chi connectivity index (χ2n) is 6.60. The third-order valence-electron chi connectivity index (χ3n) is 4.72. The average molecular weight is 416 g/mol. The molecule has 158 valence electrons. The van der Waals surface area contributed by atoms with E-state index in [1.54, 1.807) is 35.2 Å². The number of rotatable bonds is 9. The second-order valence-corrected chi connectivity index (χ2v) is 6.60. The SMILES string of the molecule is COCCN(CCOC)C1=C(c2ccccc2)C(=O)N(c2ccc(F)cc2F)C1=O. The van der Waals surface area contributed by atoms with Crippen LogP contribution in [-0.2, 0) is 19.1 Å². The summed E-state index contributed by atoms with van der Waals surface area (Å²) in [6, 6.07) is 11.4. The zero-order valence-electron chi connectivity index (χ0n) is 16.7. The smallest absolute Gasteiger partial charge is 0.282 e. The van der Waals surface area contributed by atoms with Gasteiger partial charge in [-0.2, -0.15) is 0 Å². The van der Waals surface area contributed by atoms with Gasteiger partial charge in [0.1, 0.15) is 17.3 Å². The first-order chi connectivity index (χ1) is 14.5. The summed E-state index contributed by atoms with van der Waals surface area (Å²) in [6.45, 7) is 1.26. The molecule has 0 aromatic heterocycles. The number of amides is 2. The molecule has 2 amide bonds. The summed E-state index contributed by atoms with van der Waals surface area (Å²) in [5.74, 6) is -3.15. The Labute approximate surface area is 173 Å². The van der Waals surface area contributed by atoms with Gasteiger partial charge in [0, 0.05) is 33.4 Å². The maximum Gasteiger partial charge on any atom is 0.282 e. The molecule has 0 N–H and O–H groups in total. The van der Waals surface area contributed by atoms with Gasteiger partial charge in [0.05, 0.1) is 24.5 Å². The van der Waals surface area contributed by atoms with Gasteiger partial charge in [-0.3, -0.25) is 9.59 Å².